The number of carbonyl (C=O) groups excluding carboxylic acids is 5. The van der Waals surface area contributed by atoms with Crippen molar-refractivity contribution in [3.63, 3.8) is 0 Å². The van der Waals surface area contributed by atoms with Crippen LogP contribution in [0.4, 0.5) is 0 Å². The highest BCUT2D eigenvalue weighted by atomic mass is 79.9. The molecule has 2 N–H and O–H groups in total. The van der Waals surface area contributed by atoms with Gasteiger partial charge in [-0.05, 0) is 97.2 Å². The van der Waals surface area contributed by atoms with Crippen molar-refractivity contribution >= 4 is 51.2 Å². The zero-order chi connectivity index (χ0) is 43.6. The number of carbonyl (C=O) groups is 6. The summed E-state index contributed by atoms with van der Waals surface area (Å²) >= 11 is 3.25. The molecule has 0 saturated carbocycles. The maximum absolute atomic E-state index is 11.5. The van der Waals surface area contributed by atoms with Gasteiger partial charge in [0.2, 0.25) is 0 Å². The van der Waals surface area contributed by atoms with E-state index in [4.69, 9.17) is 29.2 Å². The molecule has 0 atom stereocenters. The molecule has 0 spiro atoms. The predicted octanol–water partition coefficient (Wildman–Crippen LogP) is 8.44. The number of aromatic nitrogens is 3. The van der Waals surface area contributed by atoms with Crippen molar-refractivity contribution in [2.75, 3.05) is 18.5 Å². The Kier molecular flexibility index (Phi) is 27.5. The number of aromatic hydroxyl groups is 1. The molecular formula is C42H60BrN3O12. The van der Waals surface area contributed by atoms with Crippen molar-refractivity contribution in [3.8, 4) is 17.2 Å². The second-order valence-electron chi connectivity index (χ2n) is 14.1. The van der Waals surface area contributed by atoms with Crippen molar-refractivity contribution in [1.29, 1.82) is 0 Å². The summed E-state index contributed by atoms with van der Waals surface area (Å²) in [5.74, 6) is -0.268. The zero-order valence-electron chi connectivity index (χ0n) is 34.3. The molecule has 0 aliphatic rings. The second kappa shape index (κ2) is 29.0. The molecule has 0 unspecified atom stereocenters. The standard InChI is InChI=1S/C15H21NO4.C11H13NO4.C8H15BrO2.C7H7NO2.CH4/c1-11(17)13-8-7-12(10-16-13)19-9-5-6-14(18)20-15(2,3)4;1-8(13)10-5-4-9(7-12-10)16-6-2-3-11(14)15;1-8(2,3)11-7(10)5-4-6-9;1-5(9)7-3-2-6(10)4-8-7;/h7-8,10H,5-6,9H2,1-4H3;4-5,7H,2-3,6H2,1H3,(H,14,15);4-6H2,1-3H3;2-4,10H,1H3;1H4. The molecule has 0 bridgehead atoms. The van der Waals surface area contributed by atoms with Gasteiger partial charge < -0.3 is 29.2 Å². The Labute approximate surface area is 350 Å². The van der Waals surface area contributed by atoms with E-state index >= 15 is 0 Å². The second-order valence-corrected chi connectivity index (χ2v) is 14.9. The summed E-state index contributed by atoms with van der Waals surface area (Å²) in [5, 5.41) is 18.0. The van der Waals surface area contributed by atoms with Crippen LogP contribution in [-0.4, -0.2) is 90.2 Å². The van der Waals surface area contributed by atoms with Crippen LogP contribution in [0.25, 0.3) is 0 Å². The number of esters is 2. The quantitative estimate of drug-likeness (QED) is 0.0597. The van der Waals surface area contributed by atoms with Crippen molar-refractivity contribution in [2.24, 2.45) is 0 Å². The molecule has 0 aliphatic carbocycles. The van der Waals surface area contributed by atoms with E-state index in [0.717, 1.165) is 11.8 Å². The number of hydrogen-bond acceptors (Lipinski definition) is 14. The lowest BCUT2D eigenvalue weighted by Gasteiger charge is -2.19. The molecule has 16 heteroatoms. The van der Waals surface area contributed by atoms with Crippen LogP contribution in [-0.2, 0) is 23.9 Å². The van der Waals surface area contributed by atoms with E-state index in [1.165, 1.54) is 51.5 Å². The zero-order valence-corrected chi connectivity index (χ0v) is 35.8. The number of ether oxygens (including phenoxy) is 4. The largest absolute Gasteiger partial charge is 0.506 e. The SMILES string of the molecule is C.CC(=O)c1ccc(O)cn1.CC(=O)c1ccc(OCCCC(=O)O)cn1.CC(=O)c1ccc(OCCCC(=O)OC(C)(C)C)cn1.CC(C)(C)OC(=O)CCCBr. The number of halogens is 1. The lowest BCUT2D eigenvalue weighted by molar-refractivity contribution is -0.156. The number of carboxylic acid groups (broad SMARTS) is 1. The van der Waals surface area contributed by atoms with Crippen LogP contribution >= 0.6 is 15.9 Å². The van der Waals surface area contributed by atoms with Crippen LogP contribution in [0.1, 0.15) is 140 Å². The summed E-state index contributed by atoms with van der Waals surface area (Å²) in [6.45, 7) is 16.2. The number of hydrogen-bond donors (Lipinski definition) is 2. The molecule has 0 amide bonds. The average Bonchev–Trinajstić information content (AvgIpc) is 3.11. The van der Waals surface area contributed by atoms with Gasteiger partial charge in [0.1, 0.15) is 45.5 Å². The van der Waals surface area contributed by atoms with Crippen molar-refractivity contribution in [1.82, 2.24) is 15.0 Å². The molecule has 3 aromatic rings. The van der Waals surface area contributed by atoms with Gasteiger partial charge in [-0.3, -0.25) is 28.8 Å². The van der Waals surface area contributed by atoms with E-state index in [9.17, 15) is 28.8 Å². The van der Waals surface area contributed by atoms with Gasteiger partial charge in [-0.1, -0.05) is 23.4 Å². The van der Waals surface area contributed by atoms with Gasteiger partial charge in [0.15, 0.2) is 17.3 Å². The van der Waals surface area contributed by atoms with E-state index in [0.29, 0.717) is 67.5 Å². The first-order chi connectivity index (χ1) is 26.5. The average molecular weight is 879 g/mol. The van der Waals surface area contributed by atoms with Crippen LogP contribution in [0.2, 0.25) is 0 Å². The summed E-state index contributed by atoms with van der Waals surface area (Å²) in [5.41, 5.74) is 0.370. The van der Waals surface area contributed by atoms with E-state index in [-0.39, 0.29) is 54.5 Å². The maximum atomic E-state index is 11.5. The Morgan fingerprint density at radius 3 is 1.24 bits per heavy atom. The molecule has 3 heterocycles. The minimum Gasteiger partial charge on any atom is -0.506 e. The summed E-state index contributed by atoms with van der Waals surface area (Å²) < 4.78 is 21.0. The van der Waals surface area contributed by atoms with Gasteiger partial charge in [-0.25, -0.2) is 15.0 Å². The van der Waals surface area contributed by atoms with Crippen molar-refractivity contribution in [3.05, 3.63) is 72.1 Å². The molecule has 0 fully saturated rings. The first-order valence-electron chi connectivity index (χ1n) is 18.1. The molecule has 0 saturated heterocycles. The molecule has 3 aromatic heterocycles. The van der Waals surface area contributed by atoms with Crippen molar-refractivity contribution < 1.29 is 57.9 Å². The van der Waals surface area contributed by atoms with Gasteiger partial charge in [-0.15, -0.1) is 0 Å². The minimum atomic E-state index is -0.839. The molecule has 322 valence electrons. The Bertz CT molecular complexity index is 1680. The number of ketones is 3. The third-order valence-electron chi connectivity index (χ3n) is 6.25. The Hall–Kier alpha value is -5.25. The van der Waals surface area contributed by atoms with Crippen LogP contribution < -0.4 is 9.47 Å². The van der Waals surface area contributed by atoms with Crippen LogP contribution in [0, 0.1) is 0 Å². The maximum Gasteiger partial charge on any atom is 0.306 e. The normalized spacial score (nSPS) is 10.2. The monoisotopic (exact) mass is 877 g/mol. The minimum absolute atomic E-state index is 0. The number of rotatable bonds is 16. The topological polar surface area (TPSA) is 218 Å². The molecule has 3 rings (SSSR count). The van der Waals surface area contributed by atoms with Crippen LogP contribution in [0.15, 0.2) is 55.0 Å². The lowest BCUT2D eigenvalue weighted by atomic mass is 10.2. The lowest BCUT2D eigenvalue weighted by Crippen LogP contribution is -2.23. The number of Topliss-reactive ketones (excluding diaryl/α,β-unsaturated/α-hetero) is 3. The highest BCUT2D eigenvalue weighted by molar-refractivity contribution is 9.09. The van der Waals surface area contributed by atoms with Crippen LogP contribution in [0.3, 0.4) is 0 Å². The van der Waals surface area contributed by atoms with E-state index in [2.05, 4.69) is 30.9 Å². The molecule has 0 aromatic carbocycles. The number of alkyl halides is 1. The van der Waals surface area contributed by atoms with Crippen LogP contribution in [0.5, 0.6) is 17.2 Å². The molecule has 15 nitrogen and oxygen atoms in total. The first kappa shape index (κ1) is 54.8. The fourth-order valence-corrected chi connectivity index (χ4v) is 4.04. The Morgan fingerprint density at radius 1 is 0.586 bits per heavy atom. The highest BCUT2D eigenvalue weighted by Gasteiger charge is 2.16. The fourth-order valence-electron chi connectivity index (χ4n) is 3.76. The van der Waals surface area contributed by atoms with E-state index in [1.807, 2.05) is 41.5 Å². The summed E-state index contributed by atoms with van der Waals surface area (Å²) in [7, 11) is 0. The summed E-state index contributed by atoms with van der Waals surface area (Å²) in [4.78, 5) is 76.8. The number of pyridine rings is 3. The van der Waals surface area contributed by atoms with Gasteiger partial charge in [0.05, 0.1) is 31.8 Å². The summed E-state index contributed by atoms with van der Waals surface area (Å²) in [6.07, 6.45) is 6.97. The third-order valence-corrected chi connectivity index (χ3v) is 6.82. The van der Waals surface area contributed by atoms with Crippen molar-refractivity contribution in [2.45, 2.75) is 119 Å². The van der Waals surface area contributed by atoms with Gasteiger partial charge in [-0.2, -0.15) is 0 Å². The van der Waals surface area contributed by atoms with Gasteiger partial charge >= 0.3 is 17.9 Å². The Balaban J connectivity index is 0. The first-order valence-corrected chi connectivity index (χ1v) is 19.2. The van der Waals surface area contributed by atoms with E-state index in [1.54, 1.807) is 24.3 Å². The molecule has 0 aliphatic heterocycles. The smallest absolute Gasteiger partial charge is 0.306 e. The highest BCUT2D eigenvalue weighted by Crippen LogP contribution is 2.13. The van der Waals surface area contributed by atoms with E-state index < -0.39 is 11.6 Å². The Morgan fingerprint density at radius 2 is 0.948 bits per heavy atom. The predicted molar refractivity (Wildman–Crippen MR) is 223 cm³/mol. The number of aliphatic carboxylic acids is 1. The molecule has 58 heavy (non-hydrogen) atoms. The van der Waals surface area contributed by atoms with Gasteiger partial charge in [0, 0.05) is 45.4 Å². The summed E-state index contributed by atoms with van der Waals surface area (Å²) in [6, 6.07) is 9.45. The number of carboxylic acids is 1. The fraction of sp³-hybridized carbons (Fsp3) is 0.500. The number of nitrogens with zero attached hydrogens (tertiary/aromatic N) is 3. The third kappa shape index (κ3) is 30.0. The van der Waals surface area contributed by atoms with Gasteiger partial charge in [0.25, 0.3) is 0 Å². The molecule has 0 radical (unpaired) electrons. The molecular weight excluding hydrogens is 818 g/mol.